The summed E-state index contributed by atoms with van der Waals surface area (Å²) in [5, 5.41) is 8.60. The van der Waals surface area contributed by atoms with Gasteiger partial charge in [-0.05, 0) is 44.7 Å². The molecule has 1 aromatic carbocycles. The molecule has 144 valence electrons. The van der Waals surface area contributed by atoms with E-state index in [1.54, 1.807) is 0 Å². The predicted octanol–water partition coefficient (Wildman–Crippen LogP) is 2.17. The Morgan fingerprint density at radius 1 is 1.19 bits per heavy atom. The summed E-state index contributed by atoms with van der Waals surface area (Å²) >= 11 is 0. The summed E-state index contributed by atoms with van der Waals surface area (Å²) in [5.41, 5.74) is 2.70. The Labute approximate surface area is 156 Å². The summed E-state index contributed by atoms with van der Waals surface area (Å²) in [4.78, 5) is 26.0. The number of urea groups is 1. The van der Waals surface area contributed by atoms with Gasteiger partial charge in [0, 0.05) is 44.7 Å². The zero-order chi connectivity index (χ0) is 18.9. The van der Waals surface area contributed by atoms with Gasteiger partial charge in [0.15, 0.2) is 0 Å². The Balaban J connectivity index is 1.63. The van der Waals surface area contributed by atoms with E-state index >= 15 is 0 Å². The summed E-state index contributed by atoms with van der Waals surface area (Å²) in [7, 11) is 0. The van der Waals surface area contributed by atoms with Crippen LogP contribution >= 0.6 is 0 Å². The second kappa shape index (κ2) is 10.2. The topological polar surface area (TPSA) is 73.5 Å². The van der Waals surface area contributed by atoms with Crippen LogP contribution in [0.5, 0.6) is 0 Å². The number of carbonyl (C=O) groups is 2. The molecule has 2 rings (SSSR count). The molecule has 1 aliphatic rings. The van der Waals surface area contributed by atoms with E-state index in [1.807, 2.05) is 13.8 Å². The molecule has 0 bridgehead atoms. The predicted molar refractivity (Wildman–Crippen MR) is 104 cm³/mol. The van der Waals surface area contributed by atoms with Gasteiger partial charge in [0.2, 0.25) is 5.91 Å². The molecule has 3 amide bonds. The van der Waals surface area contributed by atoms with Crippen molar-refractivity contribution < 1.29 is 9.59 Å². The van der Waals surface area contributed by atoms with Crippen LogP contribution in [0.25, 0.3) is 0 Å². The van der Waals surface area contributed by atoms with Gasteiger partial charge in [0.25, 0.3) is 0 Å². The standard InChI is InChI=1S/C20H32N4O2/c1-15(2)22-19(25)8-11-21-20(26)23-18-9-12-24(13-10-18)14-17-7-5-4-6-16(17)3/h4-7,15,18H,8-14H2,1-3H3,(H,22,25)(H2,21,23,26). The Hall–Kier alpha value is -2.08. The van der Waals surface area contributed by atoms with Gasteiger partial charge >= 0.3 is 6.03 Å². The van der Waals surface area contributed by atoms with E-state index in [4.69, 9.17) is 0 Å². The molecule has 1 aliphatic heterocycles. The third kappa shape index (κ3) is 7.04. The van der Waals surface area contributed by atoms with E-state index in [1.165, 1.54) is 11.1 Å². The molecule has 0 spiro atoms. The van der Waals surface area contributed by atoms with Crippen molar-refractivity contribution in [2.45, 2.75) is 58.7 Å². The van der Waals surface area contributed by atoms with Crippen molar-refractivity contribution >= 4 is 11.9 Å². The maximum absolute atomic E-state index is 12.0. The number of aryl methyl sites for hydroxylation is 1. The molecule has 0 saturated carbocycles. The number of benzene rings is 1. The first kappa shape index (κ1) is 20.2. The minimum atomic E-state index is -0.181. The number of rotatable bonds is 7. The van der Waals surface area contributed by atoms with Crippen LogP contribution in [-0.4, -0.2) is 48.6 Å². The maximum Gasteiger partial charge on any atom is 0.315 e. The van der Waals surface area contributed by atoms with E-state index in [0.29, 0.717) is 13.0 Å². The molecule has 0 atom stereocenters. The van der Waals surface area contributed by atoms with E-state index in [2.05, 4.69) is 52.0 Å². The highest BCUT2D eigenvalue weighted by Gasteiger charge is 2.21. The fourth-order valence-corrected chi connectivity index (χ4v) is 3.18. The van der Waals surface area contributed by atoms with Gasteiger partial charge in [-0.1, -0.05) is 24.3 Å². The van der Waals surface area contributed by atoms with Gasteiger partial charge in [0.05, 0.1) is 0 Å². The Morgan fingerprint density at radius 3 is 2.54 bits per heavy atom. The van der Waals surface area contributed by atoms with Crippen molar-refractivity contribution in [1.82, 2.24) is 20.9 Å². The minimum absolute atomic E-state index is 0.0372. The summed E-state index contributed by atoms with van der Waals surface area (Å²) in [6.07, 6.45) is 2.21. The van der Waals surface area contributed by atoms with Gasteiger partial charge in [-0.25, -0.2) is 4.79 Å². The fraction of sp³-hybridized carbons (Fsp3) is 0.600. The van der Waals surface area contributed by atoms with Crippen molar-refractivity contribution in [3.8, 4) is 0 Å². The number of nitrogens with zero attached hydrogens (tertiary/aromatic N) is 1. The van der Waals surface area contributed by atoms with Crippen LogP contribution in [0.1, 0.15) is 44.2 Å². The van der Waals surface area contributed by atoms with Crippen LogP contribution in [0, 0.1) is 6.92 Å². The SMILES string of the molecule is Cc1ccccc1CN1CCC(NC(=O)NCCC(=O)NC(C)C)CC1. The molecule has 0 unspecified atom stereocenters. The quantitative estimate of drug-likeness (QED) is 0.698. The van der Waals surface area contributed by atoms with Gasteiger partial charge in [-0.2, -0.15) is 0 Å². The number of carbonyl (C=O) groups excluding carboxylic acids is 2. The third-order valence-electron chi connectivity index (χ3n) is 4.67. The van der Waals surface area contributed by atoms with Crippen LogP contribution in [0.15, 0.2) is 24.3 Å². The lowest BCUT2D eigenvalue weighted by molar-refractivity contribution is -0.121. The monoisotopic (exact) mass is 360 g/mol. The fourth-order valence-electron chi connectivity index (χ4n) is 3.18. The number of nitrogens with one attached hydrogen (secondary N) is 3. The maximum atomic E-state index is 12.0. The molecular weight excluding hydrogens is 328 g/mol. The molecule has 0 radical (unpaired) electrons. The largest absolute Gasteiger partial charge is 0.354 e. The van der Waals surface area contributed by atoms with E-state index in [9.17, 15) is 9.59 Å². The Bertz CT molecular complexity index is 595. The van der Waals surface area contributed by atoms with Gasteiger partial charge in [-0.3, -0.25) is 9.69 Å². The highest BCUT2D eigenvalue weighted by molar-refractivity contribution is 5.78. The molecule has 1 saturated heterocycles. The molecule has 3 N–H and O–H groups in total. The smallest absolute Gasteiger partial charge is 0.315 e. The Kier molecular flexibility index (Phi) is 7.91. The summed E-state index contributed by atoms with van der Waals surface area (Å²) < 4.78 is 0. The lowest BCUT2D eigenvalue weighted by Crippen LogP contribution is -2.48. The molecule has 26 heavy (non-hydrogen) atoms. The minimum Gasteiger partial charge on any atom is -0.354 e. The van der Waals surface area contributed by atoms with Crippen LogP contribution in [0.3, 0.4) is 0 Å². The van der Waals surface area contributed by atoms with Gasteiger partial charge in [0.1, 0.15) is 0 Å². The molecule has 1 heterocycles. The summed E-state index contributed by atoms with van der Waals surface area (Å²) in [6.45, 7) is 9.28. The number of likely N-dealkylation sites (tertiary alicyclic amines) is 1. The first-order valence-electron chi connectivity index (χ1n) is 9.54. The normalized spacial score (nSPS) is 15.7. The second-order valence-electron chi connectivity index (χ2n) is 7.35. The van der Waals surface area contributed by atoms with Crippen molar-refractivity contribution in [2.75, 3.05) is 19.6 Å². The molecule has 6 heteroatoms. The van der Waals surface area contributed by atoms with Crippen molar-refractivity contribution in [3.63, 3.8) is 0 Å². The third-order valence-corrected chi connectivity index (χ3v) is 4.67. The van der Waals surface area contributed by atoms with Crippen LogP contribution in [0.4, 0.5) is 4.79 Å². The molecule has 1 aromatic rings. The van der Waals surface area contributed by atoms with Crippen LogP contribution in [-0.2, 0) is 11.3 Å². The summed E-state index contributed by atoms with van der Waals surface area (Å²) in [5.74, 6) is -0.0372. The van der Waals surface area contributed by atoms with E-state index in [0.717, 1.165) is 32.5 Å². The van der Waals surface area contributed by atoms with E-state index < -0.39 is 0 Å². The van der Waals surface area contributed by atoms with Crippen molar-refractivity contribution in [2.24, 2.45) is 0 Å². The average molecular weight is 361 g/mol. The zero-order valence-corrected chi connectivity index (χ0v) is 16.2. The highest BCUT2D eigenvalue weighted by Crippen LogP contribution is 2.16. The first-order chi connectivity index (χ1) is 12.4. The molecule has 0 aliphatic carbocycles. The van der Waals surface area contributed by atoms with Gasteiger partial charge in [-0.15, -0.1) is 0 Å². The number of hydrogen-bond donors (Lipinski definition) is 3. The van der Waals surface area contributed by atoms with Gasteiger partial charge < -0.3 is 16.0 Å². The molecule has 0 aromatic heterocycles. The van der Waals surface area contributed by atoms with E-state index in [-0.39, 0.29) is 24.0 Å². The average Bonchev–Trinajstić information content (AvgIpc) is 2.58. The molecular formula is C20H32N4O2. The molecule has 1 fully saturated rings. The summed E-state index contributed by atoms with van der Waals surface area (Å²) in [6, 6.07) is 8.63. The number of amides is 3. The van der Waals surface area contributed by atoms with Crippen LogP contribution < -0.4 is 16.0 Å². The van der Waals surface area contributed by atoms with Crippen LogP contribution in [0.2, 0.25) is 0 Å². The molecule has 6 nitrogen and oxygen atoms in total. The highest BCUT2D eigenvalue weighted by atomic mass is 16.2. The zero-order valence-electron chi connectivity index (χ0n) is 16.2. The lowest BCUT2D eigenvalue weighted by Gasteiger charge is -2.32. The lowest BCUT2D eigenvalue weighted by atomic mass is 10.0. The Morgan fingerprint density at radius 2 is 1.88 bits per heavy atom. The number of hydrogen-bond acceptors (Lipinski definition) is 3. The van der Waals surface area contributed by atoms with Crippen molar-refractivity contribution in [3.05, 3.63) is 35.4 Å². The number of piperidine rings is 1. The van der Waals surface area contributed by atoms with Crippen molar-refractivity contribution in [1.29, 1.82) is 0 Å². The first-order valence-corrected chi connectivity index (χ1v) is 9.54. The second-order valence-corrected chi connectivity index (χ2v) is 7.35.